The highest BCUT2D eigenvalue weighted by atomic mass is 19.1. The molecule has 0 radical (unpaired) electrons. The Labute approximate surface area is 104 Å². The third kappa shape index (κ3) is 2.88. The first kappa shape index (κ1) is 13.8. The summed E-state index contributed by atoms with van der Waals surface area (Å²) in [7, 11) is 1.60. The molecule has 98 valence electrons. The Morgan fingerprint density at radius 2 is 2.28 bits per heavy atom. The van der Waals surface area contributed by atoms with E-state index < -0.39 is 17.7 Å². The molecule has 0 saturated heterocycles. The highest BCUT2D eigenvalue weighted by Gasteiger charge is 2.16. The lowest BCUT2D eigenvalue weighted by atomic mass is 10.1. The normalized spacial score (nSPS) is 11.2. The fourth-order valence-electron chi connectivity index (χ4n) is 1.29. The minimum absolute atomic E-state index is 0.141. The van der Waals surface area contributed by atoms with E-state index in [4.69, 9.17) is 10.9 Å². The van der Waals surface area contributed by atoms with Crippen LogP contribution in [0, 0.1) is 5.82 Å². The zero-order valence-electron chi connectivity index (χ0n) is 10.1. The minimum Gasteiger partial charge on any atom is -0.409 e. The number of hydrogen-bond donors (Lipinski definition) is 3. The molecule has 2 amide bonds. The van der Waals surface area contributed by atoms with Gasteiger partial charge in [0.1, 0.15) is 5.82 Å². The summed E-state index contributed by atoms with van der Waals surface area (Å²) in [6, 6.07) is 3.64. The molecule has 0 spiro atoms. The van der Waals surface area contributed by atoms with Crippen LogP contribution in [0.15, 0.2) is 23.4 Å². The number of anilines is 1. The summed E-state index contributed by atoms with van der Waals surface area (Å²) in [5.41, 5.74) is 5.38. The van der Waals surface area contributed by atoms with Gasteiger partial charge in [0.25, 0.3) is 0 Å². The Bertz CT molecular complexity index is 476. The van der Waals surface area contributed by atoms with Crippen LogP contribution in [0.1, 0.15) is 12.5 Å². The lowest BCUT2D eigenvalue weighted by molar-refractivity contribution is 0.224. The molecule has 7 heteroatoms. The van der Waals surface area contributed by atoms with Gasteiger partial charge in [-0.15, -0.1) is 0 Å². The van der Waals surface area contributed by atoms with Crippen molar-refractivity contribution in [3.8, 4) is 0 Å². The second-order valence-electron chi connectivity index (χ2n) is 3.59. The topological polar surface area (TPSA) is 91.0 Å². The summed E-state index contributed by atoms with van der Waals surface area (Å²) in [6.45, 7) is 2.30. The monoisotopic (exact) mass is 254 g/mol. The van der Waals surface area contributed by atoms with E-state index in [1.165, 1.54) is 17.0 Å². The van der Waals surface area contributed by atoms with Crippen molar-refractivity contribution in [1.29, 1.82) is 0 Å². The molecular formula is C11H15FN4O2. The molecule has 0 atom stereocenters. The number of carbonyl (C=O) groups is 1. The van der Waals surface area contributed by atoms with Crippen LogP contribution in [-0.4, -0.2) is 35.6 Å². The van der Waals surface area contributed by atoms with Crippen molar-refractivity contribution in [2.24, 2.45) is 10.9 Å². The van der Waals surface area contributed by atoms with E-state index >= 15 is 0 Å². The molecular weight excluding hydrogens is 239 g/mol. The van der Waals surface area contributed by atoms with E-state index in [0.717, 1.165) is 6.07 Å². The average molecular weight is 254 g/mol. The number of amidine groups is 1. The van der Waals surface area contributed by atoms with E-state index in [0.29, 0.717) is 6.54 Å². The molecule has 4 N–H and O–H groups in total. The standard InChI is InChI=1S/C11H15FN4O2/c1-3-16(2)11(17)14-8-6-4-5-7(12)9(8)10(13)15-18/h4-6,18H,3H2,1-2H3,(H2,13,15)(H,14,17). The van der Waals surface area contributed by atoms with Gasteiger partial charge in [0, 0.05) is 13.6 Å². The number of hydrogen-bond acceptors (Lipinski definition) is 3. The molecule has 18 heavy (non-hydrogen) atoms. The first-order chi connectivity index (χ1) is 8.51. The summed E-state index contributed by atoms with van der Waals surface area (Å²) in [5, 5.41) is 13.8. The van der Waals surface area contributed by atoms with Gasteiger partial charge in [-0.2, -0.15) is 0 Å². The molecule has 0 aliphatic rings. The first-order valence-corrected chi connectivity index (χ1v) is 5.29. The molecule has 0 bridgehead atoms. The number of nitrogens with two attached hydrogens (primary N) is 1. The van der Waals surface area contributed by atoms with Crippen molar-refractivity contribution in [1.82, 2.24) is 4.90 Å². The van der Waals surface area contributed by atoms with E-state index in [1.807, 2.05) is 0 Å². The zero-order chi connectivity index (χ0) is 13.7. The van der Waals surface area contributed by atoms with E-state index in [1.54, 1.807) is 14.0 Å². The minimum atomic E-state index is -0.678. The molecule has 0 heterocycles. The Morgan fingerprint density at radius 3 is 2.83 bits per heavy atom. The van der Waals surface area contributed by atoms with Gasteiger partial charge in [-0.1, -0.05) is 11.2 Å². The van der Waals surface area contributed by atoms with Gasteiger partial charge < -0.3 is 21.2 Å². The number of nitrogens with zero attached hydrogens (tertiary/aromatic N) is 2. The average Bonchev–Trinajstić information content (AvgIpc) is 2.37. The molecule has 6 nitrogen and oxygen atoms in total. The Balaban J connectivity index is 3.10. The van der Waals surface area contributed by atoms with E-state index in [2.05, 4.69) is 10.5 Å². The van der Waals surface area contributed by atoms with Crippen molar-refractivity contribution in [3.63, 3.8) is 0 Å². The van der Waals surface area contributed by atoms with Crippen LogP contribution in [-0.2, 0) is 0 Å². The Kier molecular flexibility index (Phi) is 4.47. The molecule has 0 unspecified atom stereocenters. The summed E-state index contributed by atoms with van der Waals surface area (Å²) in [6.07, 6.45) is 0. The molecule has 1 aromatic rings. The highest BCUT2D eigenvalue weighted by molar-refractivity contribution is 6.05. The van der Waals surface area contributed by atoms with Crippen LogP contribution < -0.4 is 11.1 Å². The van der Waals surface area contributed by atoms with Gasteiger partial charge in [-0.3, -0.25) is 0 Å². The number of rotatable bonds is 3. The molecule has 0 saturated carbocycles. The molecule has 0 aliphatic heterocycles. The van der Waals surface area contributed by atoms with Crippen LogP contribution in [0.2, 0.25) is 0 Å². The number of urea groups is 1. The molecule has 1 aromatic carbocycles. The van der Waals surface area contributed by atoms with Crippen LogP contribution in [0.3, 0.4) is 0 Å². The fraction of sp³-hybridized carbons (Fsp3) is 0.273. The maximum atomic E-state index is 13.6. The SMILES string of the molecule is CCN(C)C(=O)Nc1cccc(F)c1C(N)=NO. The smallest absolute Gasteiger partial charge is 0.321 e. The van der Waals surface area contributed by atoms with Crippen molar-refractivity contribution >= 4 is 17.6 Å². The summed E-state index contributed by atoms with van der Waals surface area (Å²) in [5.74, 6) is -1.08. The largest absolute Gasteiger partial charge is 0.409 e. The van der Waals surface area contributed by atoms with E-state index in [9.17, 15) is 9.18 Å². The van der Waals surface area contributed by atoms with Gasteiger partial charge in [-0.05, 0) is 19.1 Å². The second-order valence-corrected chi connectivity index (χ2v) is 3.59. The van der Waals surface area contributed by atoms with E-state index in [-0.39, 0.29) is 11.3 Å². The first-order valence-electron chi connectivity index (χ1n) is 5.29. The van der Waals surface area contributed by atoms with Gasteiger partial charge in [0.2, 0.25) is 0 Å². The quantitative estimate of drug-likeness (QED) is 0.329. The van der Waals surface area contributed by atoms with Gasteiger partial charge >= 0.3 is 6.03 Å². The van der Waals surface area contributed by atoms with Crippen molar-refractivity contribution in [2.75, 3.05) is 18.9 Å². The maximum absolute atomic E-state index is 13.6. The maximum Gasteiger partial charge on any atom is 0.321 e. The number of benzene rings is 1. The fourth-order valence-corrected chi connectivity index (χ4v) is 1.29. The third-order valence-electron chi connectivity index (χ3n) is 2.44. The predicted octanol–water partition coefficient (Wildman–Crippen LogP) is 1.40. The third-order valence-corrected chi connectivity index (χ3v) is 2.44. The van der Waals surface area contributed by atoms with Crippen molar-refractivity contribution in [3.05, 3.63) is 29.6 Å². The summed E-state index contributed by atoms with van der Waals surface area (Å²) < 4.78 is 13.6. The zero-order valence-corrected chi connectivity index (χ0v) is 10.1. The second kappa shape index (κ2) is 5.85. The molecule has 0 aromatic heterocycles. The van der Waals surface area contributed by atoms with Crippen molar-refractivity contribution in [2.45, 2.75) is 6.92 Å². The van der Waals surface area contributed by atoms with Crippen LogP contribution in [0.4, 0.5) is 14.9 Å². The lowest BCUT2D eigenvalue weighted by Gasteiger charge is -2.17. The number of amides is 2. The summed E-state index contributed by atoms with van der Waals surface area (Å²) in [4.78, 5) is 13.1. The lowest BCUT2D eigenvalue weighted by Crippen LogP contribution is -2.32. The predicted molar refractivity (Wildman–Crippen MR) is 66.2 cm³/mol. The molecule has 1 rings (SSSR count). The van der Waals surface area contributed by atoms with Crippen LogP contribution in [0.25, 0.3) is 0 Å². The van der Waals surface area contributed by atoms with Crippen LogP contribution in [0.5, 0.6) is 0 Å². The van der Waals surface area contributed by atoms with Gasteiger partial charge in [0.15, 0.2) is 5.84 Å². The number of halogens is 1. The number of nitrogens with one attached hydrogen (secondary N) is 1. The van der Waals surface area contributed by atoms with Gasteiger partial charge in [0.05, 0.1) is 11.3 Å². The number of oxime groups is 1. The molecule has 0 fully saturated rings. The van der Waals surface area contributed by atoms with Crippen molar-refractivity contribution < 1.29 is 14.4 Å². The molecule has 0 aliphatic carbocycles. The Hall–Kier alpha value is -2.31. The summed E-state index contributed by atoms with van der Waals surface area (Å²) >= 11 is 0. The Morgan fingerprint density at radius 1 is 1.61 bits per heavy atom. The van der Waals surface area contributed by atoms with Crippen LogP contribution >= 0.6 is 0 Å². The highest BCUT2D eigenvalue weighted by Crippen LogP contribution is 2.19. The van der Waals surface area contributed by atoms with Gasteiger partial charge in [-0.25, -0.2) is 9.18 Å². The number of carbonyl (C=O) groups excluding carboxylic acids is 1.